The van der Waals surface area contributed by atoms with E-state index in [1.165, 1.54) is 12.1 Å². The number of rotatable bonds is 2. The first-order valence-corrected chi connectivity index (χ1v) is 7.06. The zero-order valence-corrected chi connectivity index (χ0v) is 11.7. The number of nitrogens with zero attached hydrogens (tertiary/aromatic N) is 1. The summed E-state index contributed by atoms with van der Waals surface area (Å²) in [6, 6.07) is 4.66. The van der Waals surface area contributed by atoms with Crippen LogP contribution in [0, 0.1) is 5.92 Å². The summed E-state index contributed by atoms with van der Waals surface area (Å²) in [4.78, 5) is 25.1. The minimum atomic E-state index is -4.37. The van der Waals surface area contributed by atoms with Crippen LogP contribution in [0.5, 0.6) is 0 Å². The molecule has 0 spiro atoms. The van der Waals surface area contributed by atoms with Crippen LogP contribution in [-0.2, 0) is 22.2 Å². The Balaban J connectivity index is 1.60. The number of nitrogens with one attached hydrogen (secondary N) is 1. The minimum absolute atomic E-state index is 0.0176. The molecule has 2 aliphatic heterocycles. The average molecular weight is 312 g/mol. The molecular formula is C15H15F3N2O2. The molecule has 4 nitrogen and oxygen atoms in total. The Labute approximate surface area is 125 Å². The molecule has 1 aromatic rings. The quantitative estimate of drug-likeness (QED) is 0.902. The van der Waals surface area contributed by atoms with Crippen LogP contribution in [0.4, 0.5) is 13.2 Å². The van der Waals surface area contributed by atoms with Crippen LogP contribution in [0.15, 0.2) is 24.3 Å². The van der Waals surface area contributed by atoms with Crippen LogP contribution >= 0.6 is 0 Å². The molecule has 0 aromatic heterocycles. The molecule has 2 aliphatic rings. The van der Waals surface area contributed by atoms with Crippen molar-refractivity contribution in [2.45, 2.75) is 25.1 Å². The van der Waals surface area contributed by atoms with Crippen LogP contribution in [0.1, 0.15) is 17.5 Å². The summed E-state index contributed by atoms with van der Waals surface area (Å²) in [5.74, 6) is 0.0531. The maximum atomic E-state index is 12.5. The molecule has 2 atom stereocenters. The lowest BCUT2D eigenvalue weighted by molar-refractivity contribution is -0.137. The zero-order chi connectivity index (χ0) is 15.9. The lowest BCUT2D eigenvalue weighted by atomic mass is 10.1. The van der Waals surface area contributed by atoms with Crippen molar-refractivity contribution in [1.29, 1.82) is 0 Å². The fourth-order valence-electron chi connectivity index (χ4n) is 3.05. The van der Waals surface area contributed by atoms with Gasteiger partial charge < -0.3 is 10.2 Å². The molecule has 0 aliphatic carbocycles. The number of benzene rings is 1. The summed E-state index contributed by atoms with van der Waals surface area (Å²) < 4.78 is 37.4. The molecule has 118 valence electrons. The van der Waals surface area contributed by atoms with Crippen LogP contribution in [0.2, 0.25) is 0 Å². The van der Waals surface area contributed by atoms with E-state index < -0.39 is 11.7 Å². The fraction of sp³-hybridized carbons (Fsp3) is 0.467. The van der Waals surface area contributed by atoms with E-state index in [1.54, 1.807) is 4.90 Å². The molecule has 2 fully saturated rings. The standard InChI is InChI=1S/C15H15F3N2O2/c16-15(17,18)11-3-1-9(2-4-11)5-14(22)20-7-10-6-13(21)19-12(10)8-20/h1-4,10,12H,5-8H2,(H,19,21)/t10-,12+/m0/s1. The van der Waals surface area contributed by atoms with Crippen molar-refractivity contribution >= 4 is 11.8 Å². The van der Waals surface area contributed by atoms with Gasteiger partial charge in [-0.3, -0.25) is 9.59 Å². The summed E-state index contributed by atoms with van der Waals surface area (Å²) in [7, 11) is 0. The maximum absolute atomic E-state index is 12.5. The number of halogens is 3. The van der Waals surface area contributed by atoms with Crippen LogP contribution < -0.4 is 5.32 Å². The number of fused-ring (bicyclic) bond motifs is 1. The van der Waals surface area contributed by atoms with E-state index in [-0.39, 0.29) is 30.2 Å². The van der Waals surface area contributed by atoms with Gasteiger partial charge in [0.15, 0.2) is 0 Å². The highest BCUT2D eigenvalue weighted by Gasteiger charge is 2.41. The Hall–Kier alpha value is -2.05. The van der Waals surface area contributed by atoms with Gasteiger partial charge in [0, 0.05) is 25.4 Å². The molecule has 2 amide bonds. The number of carbonyl (C=O) groups excluding carboxylic acids is 2. The smallest absolute Gasteiger partial charge is 0.351 e. The van der Waals surface area contributed by atoms with Crippen molar-refractivity contribution in [2.75, 3.05) is 13.1 Å². The van der Waals surface area contributed by atoms with Crippen molar-refractivity contribution in [3.63, 3.8) is 0 Å². The number of alkyl halides is 3. The number of hydrogen-bond donors (Lipinski definition) is 1. The fourth-order valence-corrected chi connectivity index (χ4v) is 3.05. The molecular weight excluding hydrogens is 297 g/mol. The van der Waals surface area contributed by atoms with E-state index in [4.69, 9.17) is 0 Å². The van der Waals surface area contributed by atoms with Crippen LogP contribution in [-0.4, -0.2) is 35.8 Å². The topological polar surface area (TPSA) is 49.4 Å². The third kappa shape index (κ3) is 2.93. The normalized spacial score (nSPS) is 24.3. The highest BCUT2D eigenvalue weighted by molar-refractivity contribution is 5.82. The predicted molar refractivity (Wildman–Crippen MR) is 71.8 cm³/mol. The molecule has 0 unspecified atom stereocenters. The van der Waals surface area contributed by atoms with Gasteiger partial charge in [-0.15, -0.1) is 0 Å². The third-order valence-corrected chi connectivity index (χ3v) is 4.22. The van der Waals surface area contributed by atoms with Crippen molar-refractivity contribution in [2.24, 2.45) is 5.92 Å². The van der Waals surface area contributed by atoms with Gasteiger partial charge in [0.1, 0.15) is 0 Å². The molecule has 0 saturated carbocycles. The monoisotopic (exact) mass is 312 g/mol. The number of carbonyl (C=O) groups is 2. The second kappa shape index (κ2) is 5.30. The first kappa shape index (κ1) is 14.9. The average Bonchev–Trinajstić information content (AvgIpc) is 2.95. The summed E-state index contributed by atoms with van der Waals surface area (Å²) in [6.07, 6.45) is -3.85. The summed E-state index contributed by atoms with van der Waals surface area (Å²) in [5.41, 5.74) is -0.166. The van der Waals surface area contributed by atoms with E-state index in [9.17, 15) is 22.8 Å². The zero-order valence-electron chi connectivity index (χ0n) is 11.7. The number of likely N-dealkylation sites (tertiary alicyclic amines) is 1. The highest BCUT2D eigenvalue weighted by Crippen LogP contribution is 2.29. The van der Waals surface area contributed by atoms with Crippen molar-refractivity contribution in [1.82, 2.24) is 10.2 Å². The maximum Gasteiger partial charge on any atom is 0.416 e. The van der Waals surface area contributed by atoms with Crippen LogP contribution in [0.3, 0.4) is 0 Å². The van der Waals surface area contributed by atoms with Gasteiger partial charge in [-0.05, 0) is 17.7 Å². The Morgan fingerprint density at radius 3 is 2.50 bits per heavy atom. The van der Waals surface area contributed by atoms with E-state index in [0.29, 0.717) is 25.1 Å². The van der Waals surface area contributed by atoms with Crippen LogP contribution in [0.25, 0.3) is 0 Å². The molecule has 22 heavy (non-hydrogen) atoms. The van der Waals surface area contributed by atoms with Gasteiger partial charge in [0.2, 0.25) is 11.8 Å². The Bertz CT molecular complexity index is 582. The Kier molecular flexibility index (Phi) is 3.58. The summed E-state index contributed by atoms with van der Waals surface area (Å²) >= 11 is 0. The van der Waals surface area contributed by atoms with Crippen molar-refractivity contribution < 1.29 is 22.8 Å². The second-order valence-electron chi connectivity index (χ2n) is 5.81. The molecule has 1 N–H and O–H groups in total. The van der Waals surface area contributed by atoms with Gasteiger partial charge in [-0.25, -0.2) is 0 Å². The molecule has 2 heterocycles. The largest absolute Gasteiger partial charge is 0.416 e. The van der Waals surface area contributed by atoms with E-state index in [2.05, 4.69) is 5.32 Å². The lowest BCUT2D eigenvalue weighted by Gasteiger charge is -2.17. The molecule has 3 rings (SSSR count). The van der Waals surface area contributed by atoms with E-state index >= 15 is 0 Å². The molecule has 7 heteroatoms. The molecule has 0 bridgehead atoms. The Morgan fingerprint density at radius 1 is 1.23 bits per heavy atom. The highest BCUT2D eigenvalue weighted by atomic mass is 19.4. The lowest BCUT2D eigenvalue weighted by Crippen LogP contribution is -2.36. The first-order chi connectivity index (χ1) is 10.3. The Morgan fingerprint density at radius 2 is 1.91 bits per heavy atom. The predicted octanol–water partition coefficient (Wildman–Crippen LogP) is 1.59. The molecule has 0 radical (unpaired) electrons. The number of hydrogen-bond acceptors (Lipinski definition) is 2. The molecule has 2 saturated heterocycles. The summed E-state index contributed by atoms with van der Waals surface area (Å²) in [6.45, 7) is 1.01. The number of amides is 2. The van der Waals surface area contributed by atoms with Crippen molar-refractivity contribution in [3.05, 3.63) is 35.4 Å². The van der Waals surface area contributed by atoms with Crippen molar-refractivity contribution in [3.8, 4) is 0 Å². The van der Waals surface area contributed by atoms with E-state index in [0.717, 1.165) is 12.1 Å². The molecule has 1 aromatic carbocycles. The third-order valence-electron chi connectivity index (χ3n) is 4.22. The van der Waals surface area contributed by atoms with Gasteiger partial charge in [-0.2, -0.15) is 13.2 Å². The van der Waals surface area contributed by atoms with Gasteiger partial charge in [-0.1, -0.05) is 12.1 Å². The van der Waals surface area contributed by atoms with Gasteiger partial charge in [0.05, 0.1) is 18.0 Å². The summed E-state index contributed by atoms with van der Waals surface area (Å²) in [5, 5.41) is 2.83. The van der Waals surface area contributed by atoms with E-state index in [1.807, 2.05) is 0 Å². The first-order valence-electron chi connectivity index (χ1n) is 7.06. The van der Waals surface area contributed by atoms with Gasteiger partial charge in [0.25, 0.3) is 0 Å². The SMILES string of the molecule is O=C1C[C@H]2CN(C(=O)Cc3ccc(C(F)(F)F)cc3)C[C@H]2N1. The van der Waals surface area contributed by atoms with Gasteiger partial charge >= 0.3 is 6.18 Å². The minimum Gasteiger partial charge on any atom is -0.351 e. The second-order valence-corrected chi connectivity index (χ2v) is 5.81.